The van der Waals surface area contributed by atoms with Gasteiger partial charge in [-0.3, -0.25) is 4.79 Å². The van der Waals surface area contributed by atoms with Crippen molar-refractivity contribution in [2.45, 2.75) is 32.7 Å². The molecule has 5 nitrogen and oxygen atoms in total. The molecular weight excluding hydrogens is 346 g/mol. The summed E-state index contributed by atoms with van der Waals surface area (Å²) in [5, 5.41) is 9.59. The van der Waals surface area contributed by atoms with E-state index < -0.39 is 0 Å². The summed E-state index contributed by atoms with van der Waals surface area (Å²) in [6.07, 6.45) is 3.10. The number of aryl methyl sites for hydroxylation is 1. The Morgan fingerprint density at radius 1 is 1.31 bits per heavy atom. The second-order valence-corrected chi connectivity index (χ2v) is 7.20. The predicted octanol–water partition coefficient (Wildman–Crippen LogP) is 4.06. The van der Waals surface area contributed by atoms with Gasteiger partial charge in [0.05, 0.1) is 25.0 Å². The van der Waals surface area contributed by atoms with Crippen molar-refractivity contribution >= 4 is 17.2 Å². The zero-order valence-corrected chi connectivity index (χ0v) is 16.0. The van der Waals surface area contributed by atoms with Crippen molar-refractivity contribution in [3.05, 3.63) is 64.1 Å². The molecule has 0 aliphatic carbocycles. The predicted molar refractivity (Wildman–Crippen MR) is 104 cm³/mol. The highest BCUT2D eigenvalue weighted by Crippen LogP contribution is 2.22. The van der Waals surface area contributed by atoms with Crippen molar-refractivity contribution in [1.29, 1.82) is 0 Å². The maximum atomic E-state index is 12.2. The van der Waals surface area contributed by atoms with Crippen LogP contribution >= 0.6 is 11.3 Å². The maximum absolute atomic E-state index is 12.2. The molecule has 2 aromatic heterocycles. The third kappa shape index (κ3) is 4.14. The maximum Gasteiger partial charge on any atom is 0.220 e. The van der Waals surface area contributed by atoms with Gasteiger partial charge in [0.1, 0.15) is 5.75 Å². The molecular formula is C20H23N3O2S. The molecule has 0 saturated carbocycles. The molecule has 1 N–H and O–H groups in total. The number of thiophene rings is 1. The van der Waals surface area contributed by atoms with Gasteiger partial charge in [0.25, 0.3) is 0 Å². The van der Waals surface area contributed by atoms with Gasteiger partial charge >= 0.3 is 0 Å². The first-order valence-corrected chi connectivity index (χ1v) is 9.47. The number of rotatable bonds is 7. The number of methoxy groups -OCH3 is 1. The average molecular weight is 369 g/mol. The van der Waals surface area contributed by atoms with Gasteiger partial charge in [-0.2, -0.15) is 5.10 Å². The molecule has 136 valence electrons. The van der Waals surface area contributed by atoms with Crippen molar-refractivity contribution < 1.29 is 9.53 Å². The minimum Gasteiger partial charge on any atom is -0.497 e. The van der Waals surface area contributed by atoms with Crippen molar-refractivity contribution in [1.82, 2.24) is 15.1 Å². The lowest BCUT2D eigenvalue weighted by atomic mass is 10.1. The molecule has 26 heavy (non-hydrogen) atoms. The topological polar surface area (TPSA) is 56.1 Å². The van der Waals surface area contributed by atoms with Crippen LogP contribution in [0.15, 0.2) is 48.0 Å². The fraction of sp³-hybridized carbons (Fsp3) is 0.300. The standard InChI is InChI=1S/C20H23N3O2S/c1-14(22-20(24)11-10-18-5-4-12-26-18)19-13-21-23(15(19)2)16-6-8-17(25-3)9-7-16/h4-9,12-14H,10-11H2,1-3H3,(H,22,24)/t14-/m0/s1. The van der Waals surface area contributed by atoms with Gasteiger partial charge in [0.15, 0.2) is 0 Å². The quantitative estimate of drug-likeness (QED) is 0.683. The van der Waals surface area contributed by atoms with Crippen LogP contribution in [0.3, 0.4) is 0 Å². The van der Waals surface area contributed by atoms with Crippen LogP contribution in [0.2, 0.25) is 0 Å². The first-order chi connectivity index (χ1) is 12.6. The lowest BCUT2D eigenvalue weighted by Gasteiger charge is -2.14. The number of nitrogens with one attached hydrogen (secondary N) is 1. The molecule has 3 rings (SSSR count). The minimum absolute atomic E-state index is 0.0579. The SMILES string of the molecule is COc1ccc(-n2ncc([C@H](C)NC(=O)CCc3cccs3)c2C)cc1. The van der Waals surface area contributed by atoms with Crippen molar-refractivity contribution in [3.8, 4) is 11.4 Å². The minimum atomic E-state index is -0.0853. The molecule has 1 atom stereocenters. The zero-order chi connectivity index (χ0) is 18.5. The van der Waals surface area contributed by atoms with Crippen LogP contribution in [0.25, 0.3) is 5.69 Å². The van der Waals surface area contributed by atoms with Gasteiger partial charge in [0, 0.05) is 22.6 Å². The van der Waals surface area contributed by atoms with Gasteiger partial charge in [0.2, 0.25) is 5.91 Å². The van der Waals surface area contributed by atoms with Crippen molar-refractivity contribution in [3.63, 3.8) is 0 Å². The van der Waals surface area contributed by atoms with E-state index in [1.807, 2.05) is 60.4 Å². The molecule has 0 saturated heterocycles. The van der Waals surface area contributed by atoms with Gasteiger partial charge in [-0.25, -0.2) is 4.68 Å². The number of carbonyl (C=O) groups is 1. The summed E-state index contributed by atoms with van der Waals surface area (Å²) in [7, 11) is 1.65. The second-order valence-electron chi connectivity index (χ2n) is 6.16. The summed E-state index contributed by atoms with van der Waals surface area (Å²) in [6, 6.07) is 11.7. The smallest absolute Gasteiger partial charge is 0.220 e. The summed E-state index contributed by atoms with van der Waals surface area (Å²) in [6.45, 7) is 4.01. The van der Waals surface area contributed by atoms with Crippen LogP contribution in [0, 0.1) is 6.92 Å². The second kappa shape index (κ2) is 8.19. The Balaban J connectivity index is 1.65. The highest BCUT2D eigenvalue weighted by Gasteiger charge is 2.16. The van der Waals surface area contributed by atoms with Crippen LogP contribution in [0.4, 0.5) is 0 Å². The Hall–Kier alpha value is -2.60. The summed E-state index contributed by atoms with van der Waals surface area (Å²) < 4.78 is 7.07. The molecule has 0 unspecified atom stereocenters. The molecule has 0 bridgehead atoms. The molecule has 3 aromatic rings. The number of benzene rings is 1. The Kier molecular flexibility index (Phi) is 5.73. The highest BCUT2D eigenvalue weighted by molar-refractivity contribution is 7.09. The molecule has 0 fully saturated rings. The monoisotopic (exact) mass is 369 g/mol. The van der Waals surface area contributed by atoms with E-state index in [0.717, 1.165) is 29.1 Å². The fourth-order valence-corrected chi connectivity index (χ4v) is 3.62. The van der Waals surface area contributed by atoms with Crippen LogP contribution < -0.4 is 10.1 Å². The summed E-state index contributed by atoms with van der Waals surface area (Å²) in [5.41, 5.74) is 3.00. The summed E-state index contributed by atoms with van der Waals surface area (Å²) >= 11 is 1.68. The lowest BCUT2D eigenvalue weighted by Crippen LogP contribution is -2.27. The number of aromatic nitrogens is 2. The van der Waals surface area contributed by atoms with Crippen LogP contribution in [0.5, 0.6) is 5.75 Å². The van der Waals surface area contributed by atoms with Crippen LogP contribution in [-0.4, -0.2) is 22.8 Å². The van der Waals surface area contributed by atoms with Gasteiger partial charge < -0.3 is 10.1 Å². The first-order valence-electron chi connectivity index (χ1n) is 8.59. The Morgan fingerprint density at radius 2 is 2.08 bits per heavy atom. The van der Waals surface area contributed by atoms with Crippen LogP contribution in [0.1, 0.15) is 35.5 Å². The number of carbonyl (C=O) groups excluding carboxylic acids is 1. The molecule has 0 aliphatic rings. The van der Waals surface area contributed by atoms with Gasteiger partial charge in [-0.1, -0.05) is 6.07 Å². The lowest BCUT2D eigenvalue weighted by molar-refractivity contribution is -0.121. The number of amides is 1. The van der Waals surface area contributed by atoms with Gasteiger partial charge in [-0.15, -0.1) is 11.3 Å². The average Bonchev–Trinajstić information content (AvgIpc) is 3.29. The number of nitrogens with zero attached hydrogens (tertiary/aromatic N) is 2. The van der Waals surface area contributed by atoms with E-state index in [-0.39, 0.29) is 11.9 Å². The molecule has 1 aromatic carbocycles. The van der Waals surface area contributed by atoms with Crippen LogP contribution in [-0.2, 0) is 11.2 Å². The molecule has 0 aliphatic heterocycles. The van der Waals surface area contributed by atoms with E-state index in [1.165, 1.54) is 4.88 Å². The molecule has 6 heteroatoms. The first kappa shape index (κ1) is 18.2. The number of hydrogen-bond donors (Lipinski definition) is 1. The third-order valence-corrected chi connectivity index (χ3v) is 5.32. The van der Waals surface area contributed by atoms with E-state index >= 15 is 0 Å². The molecule has 0 radical (unpaired) electrons. The molecule has 2 heterocycles. The Morgan fingerprint density at radius 3 is 2.73 bits per heavy atom. The Labute approximate surface area is 157 Å². The van der Waals surface area contributed by atoms with E-state index in [2.05, 4.69) is 16.5 Å². The van der Waals surface area contributed by atoms with Crippen molar-refractivity contribution in [2.24, 2.45) is 0 Å². The van der Waals surface area contributed by atoms with E-state index in [0.29, 0.717) is 6.42 Å². The number of ether oxygens (including phenoxy) is 1. The Bertz CT molecular complexity index is 854. The van der Waals surface area contributed by atoms with E-state index in [4.69, 9.17) is 4.74 Å². The number of hydrogen-bond acceptors (Lipinski definition) is 4. The largest absolute Gasteiger partial charge is 0.497 e. The summed E-state index contributed by atoms with van der Waals surface area (Å²) in [5.74, 6) is 0.868. The fourth-order valence-electron chi connectivity index (χ4n) is 2.91. The van der Waals surface area contributed by atoms with E-state index in [9.17, 15) is 4.79 Å². The zero-order valence-electron chi connectivity index (χ0n) is 15.2. The summed E-state index contributed by atoms with van der Waals surface area (Å²) in [4.78, 5) is 13.5. The highest BCUT2D eigenvalue weighted by atomic mass is 32.1. The van der Waals surface area contributed by atoms with Gasteiger partial charge in [-0.05, 0) is 56.0 Å². The molecule has 0 spiro atoms. The van der Waals surface area contributed by atoms with E-state index in [1.54, 1.807) is 18.4 Å². The van der Waals surface area contributed by atoms with Crippen molar-refractivity contribution in [2.75, 3.05) is 7.11 Å². The normalized spacial score (nSPS) is 12.0. The molecule has 1 amide bonds. The third-order valence-electron chi connectivity index (χ3n) is 4.39.